The normalized spacial score (nSPS) is 22.2. The van der Waals surface area contributed by atoms with Crippen LogP contribution in [0.3, 0.4) is 0 Å². The summed E-state index contributed by atoms with van der Waals surface area (Å²) in [6.07, 6.45) is 2.57. The van der Waals surface area contributed by atoms with Crippen LogP contribution in [-0.2, 0) is 0 Å². The molecule has 2 atom stereocenters. The van der Waals surface area contributed by atoms with Crippen molar-refractivity contribution in [3.63, 3.8) is 0 Å². The molecule has 19 heavy (non-hydrogen) atoms. The van der Waals surface area contributed by atoms with E-state index in [2.05, 4.69) is 5.32 Å². The zero-order valence-corrected chi connectivity index (χ0v) is 10.9. The largest absolute Gasteiger partial charge is 0.347 e. The average molecular weight is 284 g/mol. The smallest absolute Gasteiger partial charge is 0.283 e. The Morgan fingerprint density at radius 2 is 2.21 bits per heavy atom. The van der Waals surface area contributed by atoms with Gasteiger partial charge < -0.3 is 11.1 Å². The molecule has 0 aromatic heterocycles. The van der Waals surface area contributed by atoms with E-state index in [0.29, 0.717) is 0 Å². The second kappa shape index (κ2) is 5.54. The Kier molecular flexibility index (Phi) is 4.01. The summed E-state index contributed by atoms with van der Waals surface area (Å²) in [5, 5.41) is 13.7. The molecule has 3 N–H and O–H groups in total. The van der Waals surface area contributed by atoms with Crippen LogP contribution in [0.4, 0.5) is 5.69 Å². The summed E-state index contributed by atoms with van der Waals surface area (Å²) in [4.78, 5) is 22.4. The Balaban J connectivity index is 2.25. The molecule has 1 amide bonds. The number of carbonyl (C=O) groups excluding carboxylic acids is 1. The first-order valence-electron chi connectivity index (χ1n) is 6.00. The van der Waals surface area contributed by atoms with Gasteiger partial charge in [-0.3, -0.25) is 14.9 Å². The van der Waals surface area contributed by atoms with Gasteiger partial charge in [0, 0.05) is 18.2 Å². The van der Waals surface area contributed by atoms with Crippen LogP contribution in [-0.4, -0.2) is 22.9 Å². The van der Waals surface area contributed by atoms with Gasteiger partial charge in [0.2, 0.25) is 0 Å². The van der Waals surface area contributed by atoms with Gasteiger partial charge in [-0.15, -0.1) is 0 Å². The lowest BCUT2D eigenvalue weighted by atomic mass is 10.1. The van der Waals surface area contributed by atoms with Crippen LogP contribution in [0.2, 0.25) is 5.02 Å². The van der Waals surface area contributed by atoms with Gasteiger partial charge in [0.05, 0.1) is 9.95 Å². The maximum Gasteiger partial charge on any atom is 0.283 e. The fourth-order valence-corrected chi connectivity index (χ4v) is 2.55. The molecule has 1 fully saturated rings. The van der Waals surface area contributed by atoms with Crippen LogP contribution in [0.1, 0.15) is 29.6 Å². The van der Waals surface area contributed by atoms with Crippen molar-refractivity contribution in [2.24, 2.45) is 5.73 Å². The van der Waals surface area contributed by atoms with Gasteiger partial charge in [-0.05, 0) is 25.3 Å². The van der Waals surface area contributed by atoms with Gasteiger partial charge >= 0.3 is 0 Å². The standard InChI is InChI=1S/C12H14ClN3O3/c13-7-3-1-6-10(16(18)19)11(7)12(17)15-9-5-2-4-8(9)14/h1,3,6,8-9H,2,4-5,14H2,(H,15,17). The van der Waals surface area contributed by atoms with E-state index in [9.17, 15) is 14.9 Å². The molecular formula is C12H14ClN3O3. The maximum atomic E-state index is 12.1. The van der Waals surface area contributed by atoms with E-state index < -0.39 is 10.8 Å². The second-order valence-corrected chi connectivity index (χ2v) is 4.97. The molecule has 102 valence electrons. The lowest BCUT2D eigenvalue weighted by molar-refractivity contribution is -0.385. The molecule has 0 radical (unpaired) electrons. The van der Waals surface area contributed by atoms with Crippen LogP contribution in [0.25, 0.3) is 0 Å². The highest BCUT2D eigenvalue weighted by atomic mass is 35.5. The zero-order valence-electron chi connectivity index (χ0n) is 10.1. The minimum absolute atomic E-state index is 0.0678. The minimum Gasteiger partial charge on any atom is -0.347 e. The Morgan fingerprint density at radius 1 is 1.47 bits per heavy atom. The SMILES string of the molecule is NC1CCCC1NC(=O)c1c(Cl)cccc1[N+](=O)[O-]. The van der Waals surface area contributed by atoms with Gasteiger partial charge in [-0.1, -0.05) is 17.7 Å². The molecule has 0 saturated heterocycles. The van der Waals surface area contributed by atoms with Gasteiger partial charge in [-0.2, -0.15) is 0 Å². The molecule has 1 saturated carbocycles. The number of hydrogen-bond donors (Lipinski definition) is 2. The molecule has 2 rings (SSSR count). The fraction of sp³-hybridized carbons (Fsp3) is 0.417. The monoisotopic (exact) mass is 283 g/mol. The molecule has 7 heteroatoms. The van der Waals surface area contributed by atoms with E-state index in [-0.39, 0.29) is 28.4 Å². The Hall–Kier alpha value is -1.66. The summed E-state index contributed by atoms with van der Waals surface area (Å²) < 4.78 is 0. The fourth-order valence-electron chi connectivity index (χ4n) is 2.30. The number of nitrogens with zero attached hydrogens (tertiary/aromatic N) is 1. The number of halogens is 1. The summed E-state index contributed by atoms with van der Waals surface area (Å²) in [7, 11) is 0. The lowest BCUT2D eigenvalue weighted by Crippen LogP contribution is -2.44. The Bertz CT molecular complexity index is 521. The van der Waals surface area contributed by atoms with Crippen molar-refractivity contribution >= 4 is 23.2 Å². The van der Waals surface area contributed by atoms with Crippen LogP contribution in [0.15, 0.2) is 18.2 Å². The highest BCUT2D eigenvalue weighted by molar-refractivity contribution is 6.34. The van der Waals surface area contributed by atoms with E-state index in [0.717, 1.165) is 19.3 Å². The maximum absolute atomic E-state index is 12.1. The van der Waals surface area contributed by atoms with Crippen molar-refractivity contribution in [2.75, 3.05) is 0 Å². The Labute approximate surface area is 115 Å². The van der Waals surface area contributed by atoms with Gasteiger partial charge in [-0.25, -0.2) is 0 Å². The average Bonchev–Trinajstić information content (AvgIpc) is 2.74. The summed E-state index contributed by atoms with van der Waals surface area (Å²) >= 11 is 5.89. The highest BCUT2D eigenvalue weighted by Crippen LogP contribution is 2.27. The molecule has 0 spiro atoms. The highest BCUT2D eigenvalue weighted by Gasteiger charge is 2.29. The molecule has 6 nitrogen and oxygen atoms in total. The van der Waals surface area contributed by atoms with E-state index in [1.165, 1.54) is 18.2 Å². The van der Waals surface area contributed by atoms with Crippen molar-refractivity contribution in [2.45, 2.75) is 31.3 Å². The summed E-state index contributed by atoms with van der Waals surface area (Å²) in [5.74, 6) is -0.542. The van der Waals surface area contributed by atoms with Gasteiger partial charge in [0.25, 0.3) is 11.6 Å². The molecule has 0 heterocycles. The number of nitrogens with two attached hydrogens (primary N) is 1. The third kappa shape index (κ3) is 2.85. The number of hydrogen-bond acceptors (Lipinski definition) is 4. The first-order chi connectivity index (χ1) is 9.00. The van der Waals surface area contributed by atoms with Crippen molar-refractivity contribution in [3.05, 3.63) is 38.9 Å². The molecule has 2 unspecified atom stereocenters. The molecule has 1 aliphatic carbocycles. The van der Waals surface area contributed by atoms with E-state index in [1.54, 1.807) is 0 Å². The summed E-state index contributed by atoms with van der Waals surface area (Å²) in [6.45, 7) is 0. The topological polar surface area (TPSA) is 98.3 Å². The van der Waals surface area contributed by atoms with Gasteiger partial charge in [0.15, 0.2) is 0 Å². The summed E-state index contributed by atoms with van der Waals surface area (Å²) in [6, 6.07) is 3.90. The van der Waals surface area contributed by atoms with Crippen molar-refractivity contribution in [1.82, 2.24) is 5.32 Å². The summed E-state index contributed by atoms with van der Waals surface area (Å²) in [5.41, 5.74) is 5.46. The van der Waals surface area contributed by atoms with E-state index in [4.69, 9.17) is 17.3 Å². The molecular weight excluding hydrogens is 270 g/mol. The van der Waals surface area contributed by atoms with Crippen molar-refractivity contribution < 1.29 is 9.72 Å². The third-order valence-corrected chi connectivity index (χ3v) is 3.62. The number of nitro benzene ring substituents is 1. The number of carbonyl (C=O) groups is 1. The first-order valence-corrected chi connectivity index (χ1v) is 6.38. The van der Waals surface area contributed by atoms with Crippen molar-refractivity contribution in [3.8, 4) is 0 Å². The van der Waals surface area contributed by atoms with Crippen LogP contribution in [0, 0.1) is 10.1 Å². The third-order valence-electron chi connectivity index (χ3n) is 3.30. The molecule has 0 bridgehead atoms. The minimum atomic E-state index is -0.616. The Morgan fingerprint density at radius 3 is 2.79 bits per heavy atom. The number of nitro groups is 1. The number of rotatable bonds is 3. The molecule has 0 aliphatic heterocycles. The number of nitrogens with one attached hydrogen (secondary N) is 1. The quantitative estimate of drug-likeness (QED) is 0.653. The first kappa shape index (κ1) is 13.8. The molecule has 1 aromatic carbocycles. The van der Waals surface area contributed by atoms with Crippen LogP contribution in [0.5, 0.6) is 0 Å². The van der Waals surface area contributed by atoms with Crippen LogP contribution >= 0.6 is 11.6 Å². The zero-order chi connectivity index (χ0) is 14.0. The second-order valence-electron chi connectivity index (χ2n) is 4.57. The molecule has 1 aliphatic rings. The number of amides is 1. The van der Waals surface area contributed by atoms with E-state index >= 15 is 0 Å². The number of benzene rings is 1. The van der Waals surface area contributed by atoms with E-state index in [1.807, 2.05) is 0 Å². The predicted octanol–water partition coefficient (Wildman–Crippen LogP) is 1.86. The van der Waals surface area contributed by atoms with Crippen molar-refractivity contribution in [1.29, 1.82) is 0 Å². The van der Waals surface area contributed by atoms with Crippen LogP contribution < -0.4 is 11.1 Å². The van der Waals surface area contributed by atoms with Gasteiger partial charge in [0.1, 0.15) is 5.56 Å². The molecule has 1 aromatic rings. The predicted molar refractivity (Wildman–Crippen MR) is 71.2 cm³/mol. The lowest BCUT2D eigenvalue weighted by Gasteiger charge is -2.17.